The van der Waals surface area contributed by atoms with Gasteiger partial charge < -0.3 is 0 Å². The topological polar surface area (TPSA) is 47.8 Å². The van der Waals surface area contributed by atoms with Crippen LogP contribution in [0.15, 0.2) is 71.7 Å². The SMILES string of the molecule is C#Cc1ccc(-n2c(C=Cc3ccc(F)cc3)nc3ncccc3c2=O)cc1. The number of hydrogen-bond acceptors (Lipinski definition) is 3. The first-order valence-electron chi connectivity index (χ1n) is 8.54. The maximum Gasteiger partial charge on any atom is 0.267 e. The second kappa shape index (κ2) is 7.29. The molecule has 0 fully saturated rings. The molecule has 134 valence electrons. The Morgan fingerprint density at radius 1 is 1.00 bits per heavy atom. The number of aromatic nitrogens is 3. The van der Waals surface area contributed by atoms with Crippen LogP contribution in [-0.4, -0.2) is 14.5 Å². The van der Waals surface area contributed by atoms with E-state index >= 15 is 0 Å². The van der Waals surface area contributed by atoms with Gasteiger partial charge in [0.15, 0.2) is 5.65 Å². The van der Waals surface area contributed by atoms with Crippen molar-refractivity contribution in [3.63, 3.8) is 0 Å². The van der Waals surface area contributed by atoms with Gasteiger partial charge in [0, 0.05) is 11.8 Å². The van der Waals surface area contributed by atoms with Crippen LogP contribution in [0, 0.1) is 18.2 Å². The van der Waals surface area contributed by atoms with Gasteiger partial charge in [-0.2, -0.15) is 0 Å². The Hall–Kier alpha value is -4.04. The highest BCUT2D eigenvalue weighted by Crippen LogP contribution is 2.15. The molecule has 0 bridgehead atoms. The minimum absolute atomic E-state index is 0.231. The molecule has 0 radical (unpaired) electrons. The van der Waals surface area contributed by atoms with Crippen molar-refractivity contribution in [1.82, 2.24) is 14.5 Å². The van der Waals surface area contributed by atoms with Crippen molar-refractivity contribution in [1.29, 1.82) is 0 Å². The molecule has 0 spiro atoms. The number of terminal acetylenes is 1. The third kappa shape index (κ3) is 3.31. The zero-order chi connectivity index (χ0) is 19.5. The molecule has 28 heavy (non-hydrogen) atoms. The van der Waals surface area contributed by atoms with Gasteiger partial charge >= 0.3 is 0 Å². The summed E-state index contributed by atoms with van der Waals surface area (Å²) in [5.41, 5.74) is 2.27. The van der Waals surface area contributed by atoms with Crippen LogP contribution >= 0.6 is 0 Å². The highest BCUT2D eigenvalue weighted by Gasteiger charge is 2.11. The summed E-state index contributed by atoms with van der Waals surface area (Å²) in [5, 5.41) is 0.419. The molecule has 5 heteroatoms. The van der Waals surface area contributed by atoms with E-state index < -0.39 is 0 Å². The van der Waals surface area contributed by atoms with Gasteiger partial charge in [0.05, 0.1) is 11.1 Å². The molecule has 0 saturated carbocycles. The Morgan fingerprint density at radius 3 is 2.46 bits per heavy atom. The number of nitrogens with zero attached hydrogens (tertiary/aromatic N) is 3. The maximum atomic E-state index is 13.1. The van der Waals surface area contributed by atoms with Crippen molar-refractivity contribution in [2.24, 2.45) is 0 Å². The number of benzene rings is 2. The van der Waals surface area contributed by atoms with Gasteiger partial charge in [-0.15, -0.1) is 6.42 Å². The first-order chi connectivity index (χ1) is 13.7. The van der Waals surface area contributed by atoms with Gasteiger partial charge in [-0.05, 0) is 60.2 Å². The van der Waals surface area contributed by atoms with E-state index in [-0.39, 0.29) is 11.4 Å². The number of fused-ring (bicyclic) bond motifs is 1. The summed E-state index contributed by atoms with van der Waals surface area (Å²) in [7, 11) is 0. The minimum Gasteiger partial charge on any atom is -0.268 e. The lowest BCUT2D eigenvalue weighted by molar-refractivity contribution is 0.628. The van der Waals surface area contributed by atoms with Crippen LogP contribution in [0.2, 0.25) is 0 Å². The predicted octanol–water partition coefficient (Wildman–Crippen LogP) is 4.07. The van der Waals surface area contributed by atoms with Crippen LogP contribution in [0.25, 0.3) is 28.9 Å². The van der Waals surface area contributed by atoms with E-state index in [9.17, 15) is 9.18 Å². The molecule has 0 aliphatic heterocycles. The average molecular weight is 367 g/mol. The average Bonchev–Trinajstić information content (AvgIpc) is 2.74. The molecule has 0 amide bonds. The minimum atomic E-state index is -0.310. The van der Waals surface area contributed by atoms with Crippen molar-refractivity contribution >= 4 is 23.2 Å². The molecular formula is C23H14FN3O. The van der Waals surface area contributed by atoms with E-state index in [0.29, 0.717) is 22.5 Å². The normalized spacial score (nSPS) is 11.0. The third-order valence-corrected chi connectivity index (χ3v) is 4.26. The first kappa shape index (κ1) is 17.4. The van der Waals surface area contributed by atoms with Crippen molar-refractivity contribution in [3.05, 3.63) is 100.0 Å². The summed E-state index contributed by atoms with van der Waals surface area (Å²) in [5.74, 6) is 2.66. The maximum absolute atomic E-state index is 13.1. The third-order valence-electron chi connectivity index (χ3n) is 4.26. The van der Waals surface area contributed by atoms with Gasteiger partial charge in [0.2, 0.25) is 0 Å². The fourth-order valence-corrected chi connectivity index (χ4v) is 2.85. The zero-order valence-corrected chi connectivity index (χ0v) is 14.7. The smallest absolute Gasteiger partial charge is 0.267 e. The van der Waals surface area contributed by atoms with Crippen LogP contribution in [0.5, 0.6) is 0 Å². The second-order valence-electron chi connectivity index (χ2n) is 6.06. The van der Waals surface area contributed by atoms with E-state index in [4.69, 9.17) is 6.42 Å². The fraction of sp³-hybridized carbons (Fsp3) is 0. The Bertz CT molecular complexity index is 1280. The van der Waals surface area contributed by atoms with Crippen LogP contribution in [0.4, 0.5) is 4.39 Å². The van der Waals surface area contributed by atoms with E-state index in [1.54, 1.807) is 66.9 Å². The molecule has 2 aromatic heterocycles. The highest BCUT2D eigenvalue weighted by molar-refractivity contribution is 5.76. The highest BCUT2D eigenvalue weighted by atomic mass is 19.1. The molecule has 4 rings (SSSR count). The first-order valence-corrected chi connectivity index (χ1v) is 8.54. The van der Waals surface area contributed by atoms with E-state index in [1.165, 1.54) is 16.7 Å². The fourth-order valence-electron chi connectivity index (χ4n) is 2.85. The molecule has 4 aromatic rings. The van der Waals surface area contributed by atoms with Crippen molar-refractivity contribution in [3.8, 4) is 18.0 Å². The Labute approximate surface area is 160 Å². The number of hydrogen-bond donors (Lipinski definition) is 0. The molecule has 4 nitrogen and oxygen atoms in total. The largest absolute Gasteiger partial charge is 0.268 e. The Balaban J connectivity index is 1.91. The lowest BCUT2D eigenvalue weighted by Crippen LogP contribution is -2.22. The van der Waals surface area contributed by atoms with Crippen molar-refractivity contribution in [2.75, 3.05) is 0 Å². The molecular weight excluding hydrogens is 353 g/mol. The van der Waals surface area contributed by atoms with Crippen LogP contribution in [-0.2, 0) is 0 Å². The van der Waals surface area contributed by atoms with Gasteiger partial charge in [-0.1, -0.05) is 24.1 Å². The molecule has 0 N–H and O–H groups in total. The summed E-state index contributed by atoms with van der Waals surface area (Å²) >= 11 is 0. The van der Waals surface area contributed by atoms with Gasteiger partial charge in [0.25, 0.3) is 5.56 Å². The second-order valence-corrected chi connectivity index (χ2v) is 6.06. The molecule has 0 unspecified atom stereocenters. The monoisotopic (exact) mass is 367 g/mol. The summed E-state index contributed by atoms with van der Waals surface area (Å²) in [6.45, 7) is 0. The van der Waals surface area contributed by atoms with E-state index in [2.05, 4.69) is 15.9 Å². The number of pyridine rings is 1. The zero-order valence-electron chi connectivity index (χ0n) is 14.7. The van der Waals surface area contributed by atoms with Gasteiger partial charge in [-0.25, -0.2) is 14.4 Å². The predicted molar refractivity (Wildman–Crippen MR) is 108 cm³/mol. The van der Waals surface area contributed by atoms with Crippen LogP contribution < -0.4 is 5.56 Å². The molecule has 0 aliphatic rings. The molecule has 0 saturated heterocycles. The quantitative estimate of drug-likeness (QED) is 0.513. The van der Waals surface area contributed by atoms with Crippen LogP contribution in [0.1, 0.15) is 17.0 Å². The Kier molecular flexibility index (Phi) is 4.53. The summed E-state index contributed by atoms with van der Waals surface area (Å²) in [6, 6.07) is 16.5. The number of halogens is 1. The summed E-state index contributed by atoms with van der Waals surface area (Å²) in [6.07, 6.45) is 10.5. The lowest BCUT2D eigenvalue weighted by Gasteiger charge is -2.11. The lowest BCUT2D eigenvalue weighted by atomic mass is 10.2. The summed E-state index contributed by atoms with van der Waals surface area (Å²) in [4.78, 5) is 21.9. The molecule has 0 atom stereocenters. The molecule has 0 aliphatic carbocycles. The van der Waals surface area contributed by atoms with Crippen molar-refractivity contribution in [2.45, 2.75) is 0 Å². The van der Waals surface area contributed by atoms with Gasteiger partial charge in [0.1, 0.15) is 11.6 Å². The number of rotatable bonds is 3. The van der Waals surface area contributed by atoms with Gasteiger partial charge in [-0.3, -0.25) is 9.36 Å². The standard InChI is InChI=1S/C23H14FN3O/c1-2-16-7-12-19(13-8-16)27-21(14-9-17-5-10-18(24)11-6-17)26-22-20(23(27)28)4-3-15-25-22/h1,3-15H. The van der Waals surface area contributed by atoms with E-state index in [1.807, 2.05) is 0 Å². The molecule has 2 aromatic carbocycles. The molecule has 2 heterocycles. The van der Waals surface area contributed by atoms with Crippen molar-refractivity contribution < 1.29 is 4.39 Å². The van der Waals surface area contributed by atoms with Crippen LogP contribution in [0.3, 0.4) is 0 Å². The Morgan fingerprint density at radius 2 is 1.75 bits per heavy atom. The van der Waals surface area contributed by atoms with E-state index in [0.717, 1.165) is 11.1 Å². The summed E-state index contributed by atoms with van der Waals surface area (Å²) < 4.78 is 14.6.